The van der Waals surface area contributed by atoms with Crippen molar-refractivity contribution in [3.63, 3.8) is 0 Å². The maximum Gasteiger partial charge on any atom is 0.257 e. The Balaban J connectivity index is 1.57. The van der Waals surface area contributed by atoms with Gasteiger partial charge in [-0.15, -0.1) is 11.3 Å². The van der Waals surface area contributed by atoms with Crippen LogP contribution in [0.5, 0.6) is 0 Å². The van der Waals surface area contributed by atoms with Crippen LogP contribution in [-0.2, 0) is 13.0 Å². The molecule has 1 atom stereocenters. The highest BCUT2D eigenvalue weighted by Crippen LogP contribution is 2.21. The van der Waals surface area contributed by atoms with Gasteiger partial charge in [0.2, 0.25) is 0 Å². The lowest BCUT2D eigenvalue weighted by molar-refractivity contribution is 0.102. The van der Waals surface area contributed by atoms with E-state index in [2.05, 4.69) is 34.4 Å². The zero-order valence-electron chi connectivity index (χ0n) is 14.4. The normalized spacial score (nSPS) is 18.5. The molecule has 0 bridgehead atoms. The van der Waals surface area contributed by atoms with Crippen LogP contribution in [0.1, 0.15) is 48.3 Å². The summed E-state index contributed by atoms with van der Waals surface area (Å²) < 4.78 is 0. The molecule has 1 aliphatic heterocycles. The van der Waals surface area contributed by atoms with Crippen LogP contribution in [0.15, 0.2) is 29.6 Å². The number of hydrogen-bond acceptors (Lipinski definition) is 4. The lowest BCUT2D eigenvalue weighted by Crippen LogP contribution is -2.33. The number of hydrogen-bond donors (Lipinski definition) is 1. The van der Waals surface area contributed by atoms with Crippen molar-refractivity contribution < 1.29 is 4.79 Å². The summed E-state index contributed by atoms with van der Waals surface area (Å²) in [6.45, 7) is 7.58. The van der Waals surface area contributed by atoms with Crippen LogP contribution >= 0.6 is 11.3 Å². The minimum atomic E-state index is -0.0925. The average molecular weight is 343 g/mol. The van der Waals surface area contributed by atoms with E-state index in [9.17, 15) is 4.79 Å². The zero-order chi connectivity index (χ0) is 16.9. The van der Waals surface area contributed by atoms with Crippen LogP contribution in [-0.4, -0.2) is 28.9 Å². The molecule has 1 N–H and O–H groups in total. The van der Waals surface area contributed by atoms with E-state index in [1.807, 2.05) is 24.3 Å². The number of likely N-dealkylation sites (tertiary alicyclic amines) is 1. The number of aromatic nitrogens is 1. The third kappa shape index (κ3) is 4.42. The number of piperidine rings is 1. The molecule has 2 heterocycles. The highest BCUT2D eigenvalue weighted by atomic mass is 32.1. The molecule has 1 fully saturated rings. The standard InChI is InChI=1S/C19H25N3OS/c1-3-15-6-8-16(9-7-15)18(23)21-19-20-17(13-24-19)12-22-10-4-5-14(2)11-22/h6-9,13-14H,3-5,10-12H2,1-2H3,(H,20,21,23)/t14-/m1/s1. The van der Waals surface area contributed by atoms with Crippen molar-refractivity contribution in [3.05, 3.63) is 46.5 Å². The second-order valence-electron chi connectivity index (χ2n) is 6.63. The van der Waals surface area contributed by atoms with Crippen LogP contribution in [0.2, 0.25) is 0 Å². The number of nitrogens with one attached hydrogen (secondary N) is 1. The molecule has 0 spiro atoms. The Bertz CT molecular complexity index is 680. The number of carbonyl (C=O) groups excluding carboxylic acids is 1. The summed E-state index contributed by atoms with van der Waals surface area (Å²) >= 11 is 1.50. The van der Waals surface area contributed by atoms with Gasteiger partial charge in [-0.1, -0.05) is 26.0 Å². The Hall–Kier alpha value is -1.72. The fourth-order valence-corrected chi connectivity index (χ4v) is 3.85. The molecular weight excluding hydrogens is 318 g/mol. The summed E-state index contributed by atoms with van der Waals surface area (Å²) in [5.41, 5.74) is 2.96. The first-order valence-electron chi connectivity index (χ1n) is 8.71. The van der Waals surface area contributed by atoms with Gasteiger partial charge >= 0.3 is 0 Å². The molecule has 5 heteroatoms. The smallest absolute Gasteiger partial charge is 0.257 e. The summed E-state index contributed by atoms with van der Waals surface area (Å²) in [6.07, 6.45) is 3.57. The SMILES string of the molecule is CCc1ccc(C(=O)Nc2nc(CN3CCC[C@@H](C)C3)cs2)cc1. The maximum absolute atomic E-state index is 12.3. The zero-order valence-corrected chi connectivity index (χ0v) is 15.2. The highest BCUT2D eigenvalue weighted by Gasteiger charge is 2.17. The highest BCUT2D eigenvalue weighted by molar-refractivity contribution is 7.13. The molecule has 1 aromatic heterocycles. The summed E-state index contributed by atoms with van der Waals surface area (Å²) in [7, 11) is 0. The quantitative estimate of drug-likeness (QED) is 0.885. The first-order valence-corrected chi connectivity index (χ1v) is 9.59. The number of thiazole rings is 1. The van der Waals surface area contributed by atoms with Gasteiger partial charge in [0.25, 0.3) is 5.91 Å². The molecule has 0 aliphatic carbocycles. The molecule has 0 unspecified atom stereocenters. The monoisotopic (exact) mass is 343 g/mol. The summed E-state index contributed by atoms with van der Waals surface area (Å²) in [6, 6.07) is 7.75. The Morgan fingerprint density at radius 3 is 2.88 bits per heavy atom. The average Bonchev–Trinajstić information content (AvgIpc) is 3.02. The Morgan fingerprint density at radius 2 is 2.17 bits per heavy atom. The van der Waals surface area contributed by atoms with Crippen LogP contribution in [0, 0.1) is 5.92 Å². The van der Waals surface area contributed by atoms with Gasteiger partial charge in [-0.25, -0.2) is 4.98 Å². The molecule has 1 aromatic carbocycles. The fourth-order valence-electron chi connectivity index (χ4n) is 3.16. The number of benzene rings is 1. The molecule has 3 rings (SSSR count). The van der Waals surface area contributed by atoms with E-state index >= 15 is 0 Å². The molecule has 2 aromatic rings. The van der Waals surface area contributed by atoms with E-state index < -0.39 is 0 Å². The lowest BCUT2D eigenvalue weighted by Gasteiger charge is -2.30. The molecule has 0 radical (unpaired) electrons. The minimum Gasteiger partial charge on any atom is -0.298 e. The molecule has 1 saturated heterocycles. The maximum atomic E-state index is 12.3. The molecule has 4 nitrogen and oxygen atoms in total. The number of anilines is 1. The lowest BCUT2D eigenvalue weighted by atomic mass is 10.0. The van der Waals surface area contributed by atoms with Crippen molar-refractivity contribution in [2.45, 2.75) is 39.7 Å². The van der Waals surface area contributed by atoms with Gasteiger partial charge in [-0.2, -0.15) is 0 Å². The van der Waals surface area contributed by atoms with E-state index in [1.54, 1.807) is 0 Å². The molecule has 0 saturated carbocycles. The molecule has 128 valence electrons. The van der Waals surface area contributed by atoms with Gasteiger partial charge in [0.15, 0.2) is 5.13 Å². The minimum absolute atomic E-state index is 0.0925. The van der Waals surface area contributed by atoms with E-state index in [4.69, 9.17) is 0 Å². The van der Waals surface area contributed by atoms with Crippen molar-refractivity contribution in [1.82, 2.24) is 9.88 Å². The van der Waals surface area contributed by atoms with Gasteiger partial charge in [-0.3, -0.25) is 15.0 Å². The topological polar surface area (TPSA) is 45.2 Å². The van der Waals surface area contributed by atoms with Crippen molar-refractivity contribution in [2.24, 2.45) is 5.92 Å². The predicted octanol–water partition coefficient (Wildman–Crippen LogP) is 4.19. The van der Waals surface area contributed by atoms with E-state index in [1.165, 1.54) is 29.7 Å². The summed E-state index contributed by atoms with van der Waals surface area (Å²) in [4.78, 5) is 19.3. The third-order valence-electron chi connectivity index (χ3n) is 4.52. The molecular formula is C19H25N3OS. The third-order valence-corrected chi connectivity index (χ3v) is 5.33. The van der Waals surface area contributed by atoms with Crippen molar-refractivity contribution >= 4 is 22.4 Å². The van der Waals surface area contributed by atoms with Crippen LogP contribution < -0.4 is 5.32 Å². The Labute approximate surface area is 147 Å². The molecule has 1 aliphatic rings. The number of rotatable bonds is 5. The second kappa shape index (κ2) is 7.90. The summed E-state index contributed by atoms with van der Waals surface area (Å²) in [5, 5.41) is 5.64. The van der Waals surface area contributed by atoms with Crippen LogP contribution in [0.25, 0.3) is 0 Å². The van der Waals surface area contributed by atoms with E-state index in [-0.39, 0.29) is 5.91 Å². The first kappa shape index (κ1) is 17.1. The van der Waals surface area contributed by atoms with Gasteiger partial charge in [0.05, 0.1) is 5.69 Å². The van der Waals surface area contributed by atoms with Crippen LogP contribution in [0.3, 0.4) is 0 Å². The predicted molar refractivity (Wildman–Crippen MR) is 99.6 cm³/mol. The molecule has 1 amide bonds. The largest absolute Gasteiger partial charge is 0.298 e. The van der Waals surface area contributed by atoms with Crippen LogP contribution in [0.4, 0.5) is 5.13 Å². The number of aryl methyl sites for hydroxylation is 1. The van der Waals surface area contributed by atoms with Crippen molar-refractivity contribution in [1.29, 1.82) is 0 Å². The molecule has 24 heavy (non-hydrogen) atoms. The van der Waals surface area contributed by atoms with Gasteiger partial charge in [0.1, 0.15) is 0 Å². The van der Waals surface area contributed by atoms with Crippen molar-refractivity contribution in [2.75, 3.05) is 18.4 Å². The summed E-state index contributed by atoms with van der Waals surface area (Å²) in [5.74, 6) is 0.674. The number of nitrogens with zero attached hydrogens (tertiary/aromatic N) is 2. The van der Waals surface area contributed by atoms with Gasteiger partial charge in [-0.05, 0) is 49.4 Å². The Kier molecular flexibility index (Phi) is 5.63. The van der Waals surface area contributed by atoms with E-state index in [0.717, 1.165) is 37.7 Å². The van der Waals surface area contributed by atoms with E-state index in [0.29, 0.717) is 10.7 Å². The fraction of sp³-hybridized carbons (Fsp3) is 0.474. The van der Waals surface area contributed by atoms with Crippen molar-refractivity contribution in [3.8, 4) is 0 Å². The van der Waals surface area contributed by atoms with Gasteiger partial charge < -0.3 is 0 Å². The second-order valence-corrected chi connectivity index (χ2v) is 7.49. The number of amides is 1. The Morgan fingerprint density at radius 1 is 1.38 bits per heavy atom. The first-order chi connectivity index (χ1) is 11.6. The van der Waals surface area contributed by atoms with Gasteiger partial charge in [0, 0.05) is 24.0 Å². The number of carbonyl (C=O) groups is 1.